The standard InChI is InChI=1S/C19H30ClNO7/c1-11(13(3)20)8-12(2)15(22)14-16(27-9-23-4)17(25-6)19(26-7)21-18(14)28-10-24-5/h11-13H,8-10H2,1-7H3/t11-,12-,13-/m0/s1. The molecule has 0 saturated carbocycles. The van der Waals surface area contributed by atoms with E-state index < -0.39 is 0 Å². The number of hydrogen-bond donors (Lipinski definition) is 0. The number of ketones is 1. The monoisotopic (exact) mass is 419 g/mol. The van der Waals surface area contributed by atoms with Crippen LogP contribution in [0.4, 0.5) is 0 Å². The number of alkyl halides is 1. The predicted octanol–water partition coefficient (Wildman–Crippen LogP) is 3.54. The number of methoxy groups -OCH3 is 4. The van der Waals surface area contributed by atoms with Crippen LogP contribution >= 0.6 is 11.6 Å². The normalized spacial score (nSPS) is 14.1. The van der Waals surface area contributed by atoms with Crippen molar-refractivity contribution >= 4 is 17.4 Å². The van der Waals surface area contributed by atoms with Gasteiger partial charge in [0.05, 0.1) is 14.2 Å². The van der Waals surface area contributed by atoms with Gasteiger partial charge in [-0.05, 0) is 19.3 Å². The summed E-state index contributed by atoms with van der Waals surface area (Å²) in [4.78, 5) is 17.6. The van der Waals surface area contributed by atoms with Crippen LogP contribution in [0.2, 0.25) is 0 Å². The molecule has 0 spiro atoms. The van der Waals surface area contributed by atoms with Gasteiger partial charge in [0.15, 0.2) is 25.1 Å². The maximum Gasteiger partial charge on any atom is 0.264 e. The minimum absolute atomic E-state index is 0.0361. The zero-order chi connectivity index (χ0) is 21.3. The van der Waals surface area contributed by atoms with Crippen LogP contribution < -0.4 is 18.9 Å². The topological polar surface area (TPSA) is 85.3 Å². The smallest absolute Gasteiger partial charge is 0.264 e. The third kappa shape index (κ3) is 6.12. The Morgan fingerprint density at radius 1 is 0.929 bits per heavy atom. The molecular formula is C19H30ClNO7. The average Bonchev–Trinajstić information content (AvgIpc) is 2.68. The number of carbonyl (C=O) groups is 1. The summed E-state index contributed by atoms with van der Waals surface area (Å²) in [7, 11) is 5.81. The van der Waals surface area contributed by atoms with Crippen molar-refractivity contribution in [3.05, 3.63) is 5.56 Å². The van der Waals surface area contributed by atoms with Crippen molar-refractivity contribution in [2.75, 3.05) is 42.0 Å². The molecule has 0 radical (unpaired) electrons. The lowest BCUT2D eigenvalue weighted by atomic mass is 9.89. The second-order valence-electron chi connectivity index (χ2n) is 6.42. The molecule has 0 saturated heterocycles. The summed E-state index contributed by atoms with van der Waals surface area (Å²) in [5.41, 5.74) is 0.147. The second kappa shape index (κ2) is 11.9. The summed E-state index contributed by atoms with van der Waals surface area (Å²) in [5.74, 6) is 0.0474. The van der Waals surface area contributed by atoms with Crippen LogP contribution in [0.25, 0.3) is 0 Å². The molecule has 1 heterocycles. The molecule has 0 aliphatic carbocycles. The number of nitrogens with zero attached hydrogens (tertiary/aromatic N) is 1. The first-order valence-corrected chi connectivity index (χ1v) is 9.33. The summed E-state index contributed by atoms with van der Waals surface area (Å²) < 4.78 is 31.8. The molecule has 0 amide bonds. The molecule has 0 unspecified atom stereocenters. The fraction of sp³-hybridized carbons (Fsp3) is 0.684. The van der Waals surface area contributed by atoms with Gasteiger partial charge in [-0.15, -0.1) is 11.6 Å². The van der Waals surface area contributed by atoms with Crippen LogP contribution in [0.1, 0.15) is 37.6 Å². The van der Waals surface area contributed by atoms with Crippen molar-refractivity contribution in [3.63, 3.8) is 0 Å². The number of hydrogen-bond acceptors (Lipinski definition) is 8. The molecule has 0 aliphatic rings. The summed E-state index contributed by atoms with van der Waals surface area (Å²) in [5, 5.41) is -0.0628. The molecule has 0 fully saturated rings. The van der Waals surface area contributed by atoms with Crippen molar-refractivity contribution in [2.45, 2.75) is 32.6 Å². The second-order valence-corrected chi connectivity index (χ2v) is 7.11. The number of pyridine rings is 1. The van der Waals surface area contributed by atoms with Crippen molar-refractivity contribution in [1.29, 1.82) is 0 Å². The first kappa shape index (κ1) is 24.3. The average molecular weight is 420 g/mol. The molecular weight excluding hydrogens is 390 g/mol. The maximum atomic E-state index is 13.3. The Balaban J connectivity index is 3.49. The van der Waals surface area contributed by atoms with Gasteiger partial charge in [0.1, 0.15) is 5.56 Å². The Morgan fingerprint density at radius 2 is 1.54 bits per heavy atom. The van der Waals surface area contributed by atoms with Crippen LogP contribution in [0.15, 0.2) is 0 Å². The Labute approximate surface area is 171 Å². The van der Waals surface area contributed by atoms with E-state index in [0.717, 1.165) is 0 Å². The van der Waals surface area contributed by atoms with Gasteiger partial charge in [-0.25, -0.2) is 0 Å². The van der Waals surface area contributed by atoms with Crippen LogP contribution in [-0.2, 0) is 9.47 Å². The molecule has 1 aromatic rings. The van der Waals surface area contributed by atoms with Gasteiger partial charge in [0.25, 0.3) is 5.88 Å². The fourth-order valence-electron chi connectivity index (χ4n) is 2.62. The molecule has 28 heavy (non-hydrogen) atoms. The summed E-state index contributed by atoms with van der Waals surface area (Å²) >= 11 is 6.17. The molecule has 1 aromatic heterocycles. The first-order valence-electron chi connectivity index (χ1n) is 8.89. The lowest BCUT2D eigenvalue weighted by Gasteiger charge is -2.22. The van der Waals surface area contributed by atoms with E-state index in [1.165, 1.54) is 28.4 Å². The zero-order valence-corrected chi connectivity index (χ0v) is 18.3. The number of halogens is 1. The van der Waals surface area contributed by atoms with Crippen LogP contribution in [-0.4, -0.2) is 58.2 Å². The van der Waals surface area contributed by atoms with Gasteiger partial charge in [-0.1, -0.05) is 13.8 Å². The van der Waals surface area contributed by atoms with E-state index in [0.29, 0.717) is 6.42 Å². The van der Waals surface area contributed by atoms with Crippen molar-refractivity contribution in [3.8, 4) is 23.3 Å². The highest BCUT2D eigenvalue weighted by atomic mass is 35.5. The van der Waals surface area contributed by atoms with Crippen LogP contribution in [0.5, 0.6) is 23.3 Å². The highest BCUT2D eigenvalue weighted by Crippen LogP contribution is 2.44. The maximum absolute atomic E-state index is 13.3. The summed E-state index contributed by atoms with van der Waals surface area (Å²) in [6.07, 6.45) is 0.589. The van der Waals surface area contributed by atoms with E-state index in [1.54, 1.807) is 0 Å². The summed E-state index contributed by atoms with van der Waals surface area (Å²) in [6, 6.07) is 0. The first-order chi connectivity index (χ1) is 13.3. The van der Waals surface area contributed by atoms with Crippen molar-refractivity contribution < 1.29 is 33.2 Å². The predicted molar refractivity (Wildman–Crippen MR) is 105 cm³/mol. The van der Waals surface area contributed by atoms with E-state index in [2.05, 4.69) is 4.98 Å². The van der Waals surface area contributed by atoms with Gasteiger partial charge in [0.2, 0.25) is 11.6 Å². The van der Waals surface area contributed by atoms with E-state index in [4.69, 9.17) is 40.0 Å². The quantitative estimate of drug-likeness (QED) is 0.272. The minimum atomic E-state index is -0.356. The summed E-state index contributed by atoms with van der Waals surface area (Å²) in [6.45, 7) is 5.53. The number of ether oxygens (including phenoxy) is 6. The molecule has 3 atom stereocenters. The van der Waals surface area contributed by atoms with Crippen molar-refractivity contribution in [1.82, 2.24) is 4.98 Å². The molecule has 0 aromatic carbocycles. The van der Waals surface area contributed by atoms with E-state index in [9.17, 15) is 4.79 Å². The molecule has 1 rings (SSSR count). The van der Waals surface area contributed by atoms with Crippen molar-refractivity contribution in [2.24, 2.45) is 11.8 Å². The molecule has 9 heteroatoms. The van der Waals surface area contributed by atoms with E-state index in [1.807, 2.05) is 20.8 Å². The number of Topliss-reactive ketones (excluding diaryl/α,β-unsaturated/α-hetero) is 1. The SMILES string of the molecule is COCOc1nc(OC)c(OC)c(OCOC)c1C(=O)[C@@H](C)C[C@H](C)[C@H](C)Cl. The van der Waals surface area contributed by atoms with E-state index in [-0.39, 0.29) is 65.4 Å². The third-order valence-electron chi connectivity index (χ3n) is 4.28. The molecule has 0 bridgehead atoms. The van der Waals surface area contributed by atoms with Crippen LogP contribution in [0, 0.1) is 11.8 Å². The Hall–Kier alpha value is -1.77. The van der Waals surface area contributed by atoms with Gasteiger partial charge < -0.3 is 28.4 Å². The molecule has 0 N–H and O–H groups in total. The number of aromatic nitrogens is 1. The van der Waals surface area contributed by atoms with E-state index >= 15 is 0 Å². The molecule has 8 nitrogen and oxygen atoms in total. The lowest BCUT2D eigenvalue weighted by Crippen LogP contribution is -2.21. The lowest BCUT2D eigenvalue weighted by molar-refractivity contribution is 0.0397. The van der Waals surface area contributed by atoms with Crippen LogP contribution in [0.3, 0.4) is 0 Å². The van der Waals surface area contributed by atoms with Gasteiger partial charge in [-0.2, -0.15) is 4.98 Å². The number of rotatable bonds is 13. The molecule has 160 valence electrons. The largest absolute Gasteiger partial charge is 0.489 e. The third-order valence-corrected chi connectivity index (χ3v) is 4.71. The number of carbonyl (C=O) groups excluding carboxylic acids is 1. The highest BCUT2D eigenvalue weighted by molar-refractivity contribution is 6.20. The highest BCUT2D eigenvalue weighted by Gasteiger charge is 2.32. The minimum Gasteiger partial charge on any atom is -0.489 e. The molecule has 0 aliphatic heterocycles. The zero-order valence-electron chi connectivity index (χ0n) is 17.5. The Morgan fingerprint density at radius 3 is 2.04 bits per heavy atom. The van der Waals surface area contributed by atoms with Gasteiger partial charge in [-0.3, -0.25) is 4.79 Å². The van der Waals surface area contributed by atoms with Gasteiger partial charge >= 0.3 is 0 Å². The Bertz CT molecular complexity index is 639. The fourth-order valence-corrected chi connectivity index (χ4v) is 2.72. The Kier molecular flexibility index (Phi) is 10.3. The van der Waals surface area contributed by atoms with Gasteiger partial charge in [0, 0.05) is 25.5 Å².